The summed E-state index contributed by atoms with van der Waals surface area (Å²) in [5, 5.41) is 0. The molecule has 4 nitrogen and oxygen atoms in total. The molecule has 0 radical (unpaired) electrons. The summed E-state index contributed by atoms with van der Waals surface area (Å²) in [5.41, 5.74) is 5.58. The Morgan fingerprint density at radius 3 is 2.47 bits per heavy atom. The van der Waals surface area contributed by atoms with Crippen LogP contribution in [0.4, 0.5) is 0 Å². The predicted octanol–water partition coefficient (Wildman–Crippen LogP) is 2.64. The molecule has 0 aliphatic heterocycles. The summed E-state index contributed by atoms with van der Waals surface area (Å²) in [4.78, 5) is 11.7. The van der Waals surface area contributed by atoms with Crippen LogP contribution in [0.15, 0.2) is 0 Å². The molecule has 2 N–H and O–H groups in total. The Labute approximate surface area is 117 Å². The van der Waals surface area contributed by atoms with E-state index in [1.807, 2.05) is 0 Å². The van der Waals surface area contributed by atoms with Gasteiger partial charge in [0.25, 0.3) is 0 Å². The lowest BCUT2D eigenvalue weighted by molar-refractivity contribution is -0.171. The van der Waals surface area contributed by atoms with E-state index in [2.05, 4.69) is 6.92 Å². The monoisotopic (exact) mass is 271 g/mol. The van der Waals surface area contributed by atoms with E-state index >= 15 is 0 Å². The first kappa shape index (κ1) is 16.4. The first-order chi connectivity index (χ1) is 9.06. The van der Waals surface area contributed by atoms with E-state index in [-0.39, 0.29) is 11.6 Å². The maximum atomic E-state index is 11.7. The Hall–Kier alpha value is -0.610. The lowest BCUT2D eigenvalue weighted by atomic mass is 9.77. The van der Waals surface area contributed by atoms with E-state index in [1.165, 1.54) is 12.8 Å². The smallest absolute Gasteiger partial charge is 0.334 e. The van der Waals surface area contributed by atoms with E-state index in [0.717, 1.165) is 31.6 Å². The molecule has 0 spiro atoms. The summed E-state index contributed by atoms with van der Waals surface area (Å²) in [6.45, 7) is 6.66. The first-order valence-electron chi connectivity index (χ1n) is 7.61. The third-order valence-corrected chi connectivity index (χ3v) is 4.13. The van der Waals surface area contributed by atoms with Gasteiger partial charge in [-0.05, 0) is 45.4 Å². The van der Waals surface area contributed by atoms with Crippen LogP contribution in [0, 0.1) is 5.92 Å². The average molecular weight is 271 g/mol. The molecular formula is C15H29NO3. The van der Waals surface area contributed by atoms with Gasteiger partial charge in [-0.3, -0.25) is 0 Å². The molecule has 1 fully saturated rings. The molecule has 0 aromatic heterocycles. The molecule has 4 heteroatoms. The molecule has 1 aliphatic rings. The second kappa shape index (κ2) is 7.85. The molecule has 0 heterocycles. The number of rotatable bonds is 7. The SMILES string of the molecule is CCCC1CCC(CN)(OC(C)C(=O)OCC)CC1. The van der Waals surface area contributed by atoms with Gasteiger partial charge < -0.3 is 15.2 Å². The van der Waals surface area contributed by atoms with Crippen LogP contribution in [0.25, 0.3) is 0 Å². The molecule has 1 unspecified atom stereocenters. The fourth-order valence-electron chi connectivity index (χ4n) is 2.95. The molecule has 112 valence electrons. The summed E-state index contributed by atoms with van der Waals surface area (Å²) in [6.07, 6.45) is 6.22. The minimum absolute atomic E-state index is 0.286. The van der Waals surface area contributed by atoms with Gasteiger partial charge in [0.05, 0.1) is 12.2 Å². The second-order valence-electron chi connectivity index (χ2n) is 5.63. The summed E-state index contributed by atoms with van der Waals surface area (Å²) in [5.74, 6) is 0.511. The maximum Gasteiger partial charge on any atom is 0.334 e. The number of carbonyl (C=O) groups excluding carboxylic acids is 1. The number of nitrogens with two attached hydrogens (primary N) is 1. The van der Waals surface area contributed by atoms with Crippen molar-refractivity contribution in [3.63, 3.8) is 0 Å². The van der Waals surface area contributed by atoms with Gasteiger partial charge in [-0.25, -0.2) is 4.79 Å². The first-order valence-corrected chi connectivity index (χ1v) is 7.61. The molecule has 0 aromatic carbocycles. The third kappa shape index (κ3) is 4.77. The zero-order chi connectivity index (χ0) is 14.3. The lowest BCUT2D eigenvalue weighted by Crippen LogP contribution is -2.47. The fraction of sp³-hybridized carbons (Fsp3) is 0.933. The molecule has 19 heavy (non-hydrogen) atoms. The maximum absolute atomic E-state index is 11.7. The molecule has 1 saturated carbocycles. The molecular weight excluding hydrogens is 242 g/mol. The quantitative estimate of drug-likeness (QED) is 0.723. The highest BCUT2D eigenvalue weighted by Crippen LogP contribution is 2.37. The minimum Gasteiger partial charge on any atom is -0.464 e. The van der Waals surface area contributed by atoms with Crippen molar-refractivity contribution in [1.29, 1.82) is 0 Å². The molecule has 1 rings (SSSR count). The number of hydrogen-bond acceptors (Lipinski definition) is 4. The van der Waals surface area contributed by atoms with Crippen LogP contribution in [-0.4, -0.2) is 30.8 Å². The summed E-state index contributed by atoms with van der Waals surface area (Å²) >= 11 is 0. The van der Waals surface area contributed by atoms with E-state index < -0.39 is 6.10 Å². The van der Waals surface area contributed by atoms with Crippen molar-refractivity contribution in [3.8, 4) is 0 Å². The zero-order valence-corrected chi connectivity index (χ0v) is 12.6. The van der Waals surface area contributed by atoms with Crippen molar-refractivity contribution >= 4 is 5.97 Å². The van der Waals surface area contributed by atoms with Crippen molar-refractivity contribution in [2.75, 3.05) is 13.2 Å². The van der Waals surface area contributed by atoms with Gasteiger partial charge in [0.2, 0.25) is 0 Å². The van der Waals surface area contributed by atoms with Gasteiger partial charge in [0, 0.05) is 6.54 Å². The molecule has 0 amide bonds. The van der Waals surface area contributed by atoms with Crippen molar-refractivity contribution < 1.29 is 14.3 Å². The minimum atomic E-state index is -0.522. The van der Waals surface area contributed by atoms with Gasteiger partial charge in [-0.1, -0.05) is 19.8 Å². The van der Waals surface area contributed by atoms with Crippen LogP contribution < -0.4 is 5.73 Å². The summed E-state index contributed by atoms with van der Waals surface area (Å²) in [6, 6.07) is 0. The van der Waals surface area contributed by atoms with Crippen LogP contribution in [0.1, 0.15) is 59.3 Å². The van der Waals surface area contributed by atoms with Crippen LogP contribution in [0.3, 0.4) is 0 Å². The highest BCUT2D eigenvalue weighted by molar-refractivity contribution is 5.74. The summed E-state index contributed by atoms with van der Waals surface area (Å²) in [7, 11) is 0. The van der Waals surface area contributed by atoms with Gasteiger partial charge in [0.15, 0.2) is 6.10 Å². The van der Waals surface area contributed by atoms with Crippen molar-refractivity contribution in [3.05, 3.63) is 0 Å². The third-order valence-electron chi connectivity index (χ3n) is 4.13. The molecule has 0 bridgehead atoms. The Morgan fingerprint density at radius 2 is 2.00 bits per heavy atom. The largest absolute Gasteiger partial charge is 0.464 e. The van der Waals surface area contributed by atoms with Crippen molar-refractivity contribution in [2.45, 2.75) is 71.0 Å². The van der Waals surface area contributed by atoms with Gasteiger partial charge in [-0.15, -0.1) is 0 Å². The fourth-order valence-corrected chi connectivity index (χ4v) is 2.95. The van der Waals surface area contributed by atoms with Crippen LogP contribution in [0.2, 0.25) is 0 Å². The number of hydrogen-bond donors (Lipinski definition) is 1. The van der Waals surface area contributed by atoms with E-state index in [1.54, 1.807) is 13.8 Å². The lowest BCUT2D eigenvalue weighted by Gasteiger charge is -2.40. The Morgan fingerprint density at radius 1 is 1.37 bits per heavy atom. The van der Waals surface area contributed by atoms with Crippen LogP contribution >= 0.6 is 0 Å². The van der Waals surface area contributed by atoms with Gasteiger partial charge >= 0.3 is 5.97 Å². The standard InChI is InChI=1S/C15H29NO3/c1-4-6-13-7-9-15(11-16,10-8-13)19-12(3)14(17)18-5-2/h12-13H,4-11,16H2,1-3H3. The van der Waals surface area contributed by atoms with Crippen LogP contribution in [-0.2, 0) is 14.3 Å². The normalized spacial score (nSPS) is 28.9. The van der Waals surface area contributed by atoms with Crippen molar-refractivity contribution in [1.82, 2.24) is 0 Å². The topological polar surface area (TPSA) is 61.5 Å². The number of esters is 1. The molecule has 0 saturated heterocycles. The molecule has 1 aliphatic carbocycles. The summed E-state index contributed by atoms with van der Waals surface area (Å²) < 4.78 is 11.0. The van der Waals surface area contributed by atoms with E-state index in [4.69, 9.17) is 15.2 Å². The molecule has 1 atom stereocenters. The highest BCUT2D eigenvalue weighted by atomic mass is 16.6. The van der Waals surface area contributed by atoms with Gasteiger partial charge in [-0.2, -0.15) is 0 Å². The van der Waals surface area contributed by atoms with Gasteiger partial charge in [0.1, 0.15) is 0 Å². The highest BCUT2D eigenvalue weighted by Gasteiger charge is 2.37. The van der Waals surface area contributed by atoms with E-state index in [0.29, 0.717) is 13.2 Å². The molecule has 0 aromatic rings. The Kier molecular flexibility index (Phi) is 6.80. The van der Waals surface area contributed by atoms with E-state index in [9.17, 15) is 4.79 Å². The second-order valence-corrected chi connectivity index (χ2v) is 5.63. The Bertz CT molecular complexity index is 273. The predicted molar refractivity (Wildman–Crippen MR) is 75.8 cm³/mol. The number of ether oxygens (including phenoxy) is 2. The van der Waals surface area contributed by atoms with Crippen LogP contribution in [0.5, 0.6) is 0 Å². The Balaban J connectivity index is 2.51. The number of carbonyl (C=O) groups is 1. The zero-order valence-electron chi connectivity index (χ0n) is 12.6. The average Bonchev–Trinajstić information content (AvgIpc) is 2.41. The van der Waals surface area contributed by atoms with Crippen molar-refractivity contribution in [2.24, 2.45) is 11.7 Å².